The minimum atomic E-state index is -1.03. The highest BCUT2D eigenvalue weighted by Crippen LogP contribution is 2.11. The second-order valence-corrected chi connectivity index (χ2v) is 4.85. The Hall–Kier alpha value is -2.55. The van der Waals surface area contributed by atoms with E-state index in [1.54, 1.807) is 6.07 Å². The number of aromatic nitrogens is 3. The number of carboxylic acids is 1. The molecule has 0 bridgehead atoms. The first-order valence-corrected chi connectivity index (χ1v) is 6.81. The molecule has 0 aromatic carbocycles. The van der Waals surface area contributed by atoms with Crippen LogP contribution in [0.25, 0.3) is 0 Å². The second-order valence-electron chi connectivity index (χ2n) is 3.90. The maximum atomic E-state index is 11.2. The number of hydrogen-bond acceptors (Lipinski definition) is 8. The Balaban J connectivity index is 1.85. The highest BCUT2D eigenvalue weighted by atomic mass is 32.1. The first-order valence-electron chi connectivity index (χ1n) is 5.93. The summed E-state index contributed by atoms with van der Waals surface area (Å²) in [5.41, 5.74) is 0.186. The van der Waals surface area contributed by atoms with Crippen molar-refractivity contribution in [3.05, 3.63) is 33.9 Å². The number of thiazole rings is 1. The van der Waals surface area contributed by atoms with Gasteiger partial charge in [-0.25, -0.2) is 14.6 Å². The normalized spacial score (nSPS) is 10.1. The number of esters is 1. The van der Waals surface area contributed by atoms with E-state index in [9.17, 15) is 9.59 Å². The molecule has 0 aliphatic carbocycles. The monoisotopic (exact) mass is 308 g/mol. The van der Waals surface area contributed by atoms with Crippen LogP contribution in [0.4, 0.5) is 5.82 Å². The van der Waals surface area contributed by atoms with Gasteiger partial charge < -0.3 is 15.2 Å². The van der Waals surface area contributed by atoms with Crippen LogP contribution in [0.15, 0.2) is 17.5 Å². The van der Waals surface area contributed by atoms with E-state index in [2.05, 4.69) is 25.2 Å². The average molecular weight is 308 g/mol. The van der Waals surface area contributed by atoms with Gasteiger partial charge in [-0.1, -0.05) is 0 Å². The van der Waals surface area contributed by atoms with Gasteiger partial charge in [0.1, 0.15) is 5.82 Å². The van der Waals surface area contributed by atoms with Crippen LogP contribution in [0.1, 0.15) is 26.0 Å². The summed E-state index contributed by atoms with van der Waals surface area (Å²) >= 11 is 1.29. The first kappa shape index (κ1) is 14.9. The standard InChI is InChI=1S/C12H12N4O4S/c1-20-12(19)7-2-3-9(16-15-7)13-5-4-10-14-8(6-21-10)11(17)18/h2-3,6H,4-5H2,1H3,(H,13,16)(H,17,18). The second kappa shape index (κ2) is 6.75. The van der Waals surface area contributed by atoms with Gasteiger partial charge in [0.2, 0.25) is 0 Å². The van der Waals surface area contributed by atoms with Crippen LogP contribution in [0.5, 0.6) is 0 Å². The van der Waals surface area contributed by atoms with Crippen molar-refractivity contribution in [2.24, 2.45) is 0 Å². The molecule has 0 aliphatic rings. The zero-order chi connectivity index (χ0) is 15.2. The minimum absolute atomic E-state index is 0.0530. The maximum Gasteiger partial charge on any atom is 0.358 e. The molecule has 110 valence electrons. The number of carboxylic acid groups (broad SMARTS) is 1. The Kier molecular flexibility index (Phi) is 4.77. The first-order chi connectivity index (χ1) is 10.1. The summed E-state index contributed by atoms with van der Waals surface area (Å²) in [6.07, 6.45) is 0.568. The molecule has 2 aromatic rings. The van der Waals surface area contributed by atoms with Gasteiger partial charge >= 0.3 is 11.9 Å². The number of nitrogens with one attached hydrogen (secondary N) is 1. The minimum Gasteiger partial charge on any atom is -0.476 e. The molecule has 9 heteroatoms. The molecule has 0 saturated heterocycles. The SMILES string of the molecule is COC(=O)c1ccc(NCCc2nc(C(=O)O)cs2)nn1. The molecule has 0 unspecified atom stereocenters. The van der Waals surface area contributed by atoms with Gasteiger partial charge in [0.25, 0.3) is 0 Å². The molecule has 0 radical (unpaired) electrons. The molecule has 2 heterocycles. The predicted octanol–water partition coefficient (Wildman–Crippen LogP) is 1.07. The van der Waals surface area contributed by atoms with E-state index in [1.807, 2.05) is 0 Å². The molecular formula is C12H12N4O4S. The number of anilines is 1. The van der Waals surface area contributed by atoms with E-state index in [4.69, 9.17) is 5.11 Å². The molecule has 0 amide bonds. The van der Waals surface area contributed by atoms with E-state index in [0.29, 0.717) is 18.8 Å². The lowest BCUT2D eigenvalue weighted by Crippen LogP contribution is -2.10. The highest BCUT2D eigenvalue weighted by molar-refractivity contribution is 7.09. The van der Waals surface area contributed by atoms with Crippen molar-refractivity contribution in [1.29, 1.82) is 0 Å². The summed E-state index contributed by atoms with van der Waals surface area (Å²) in [5.74, 6) is -1.06. The highest BCUT2D eigenvalue weighted by Gasteiger charge is 2.09. The molecule has 0 atom stereocenters. The van der Waals surface area contributed by atoms with Crippen LogP contribution >= 0.6 is 11.3 Å². The number of rotatable bonds is 6. The lowest BCUT2D eigenvalue weighted by Gasteiger charge is -2.03. The van der Waals surface area contributed by atoms with Crippen molar-refractivity contribution < 1.29 is 19.4 Å². The number of carbonyl (C=O) groups is 2. The number of nitrogens with zero attached hydrogens (tertiary/aromatic N) is 3. The molecule has 0 saturated carbocycles. The van der Waals surface area contributed by atoms with Gasteiger partial charge in [-0.15, -0.1) is 21.5 Å². The van der Waals surface area contributed by atoms with Gasteiger partial charge in [0.15, 0.2) is 11.4 Å². The third-order valence-corrected chi connectivity index (χ3v) is 3.38. The summed E-state index contributed by atoms with van der Waals surface area (Å²) in [4.78, 5) is 25.8. The molecule has 0 aliphatic heterocycles. The van der Waals surface area contributed by atoms with Gasteiger partial charge in [-0.2, -0.15) is 0 Å². The van der Waals surface area contributed by atoms with Crippen molar-refractivity contribution in [3.8, 4) is 0 Å². The van der Waals surface area contributed by atoms with Crippen molar-refractivity contribution >= 4 is 29.1 Å². The fraction of sp³-hybridized carbons (Fsp3) is 0.250. The van der Waals surface area contributed by atoms with E-state index >= 15 is 0 Å². The lowest BCUT2D eigenvalue weighted by atomic mass is 10.4. The zero-order valence-electron chi connectivity index (χ0n) is 11.1. The molecular weight excluding hydrogens is 296 g/mol. The van der Waals surface area contributed by atoms with Crippen LogP contribution in [0.2, 0.25) is 0 Å². The fourth-order valence-electron chi connectivity index (χ4n) is 1.46. The smallest absolute Gasteiger partial charge is 0.358 e. The van der Waals surface area contributed by atoms with E-state index in [0.717, 1.165) is 5.01 Å². The Bertz CT molecular complexity index is 641. The van der Waals surface area contributed by atoms with Crippen LogP contribution in [0.3, 0.4) is 0 Å². The summed E-state index contributed by atoms with van der Waals surface area (Å²) < 4.78 is 4.52. The fourth-order valence-corrected chi connectivity index (χ4v) is 2.23. The Morgan fingerprint density at radius 3 is 2.71 bits per heavy atom. The van der Waals surface area contributed by atoms with Crippen molar-refractivity contribution in [3.63, 3.8) is 0 Å². The van der Waals surface area contributed by atoms with E-state index in [-0.39, 0.29) is 11.4 Å². The summed E-state index contributed by atoms with van der Waals surface area (Å²) in [5, 5.41) is 21.6. The van der Waals surface area contributed by atoms with E-state index in [1.165, 1.54) is 29.9 Å². The topological polar surface area (TPSA) is 114 Å². The molecule has 21 heavy (non-hydrogen) atoms. The van der Waals surface area contributed by atoms with Crippen LogP contribution in [-0.4, -0.2) is 45.9 Å². The molecule has 2 rings (SSSR count). The summed E-state index contributed by atoms with van der Waals surface area (Å²) in [6.45, 7) is 0.527. The average Bonchev–Trinajstić information content (AvgIpc) is 2.96. The molecule has 0 fully saturated rings. The third kappa shape index (κ3) is 3.96. The molecule has 2 aromatic heterocycles. The number of ether oxygens (including phenoxy) is 1. The third-order valence-electron chi connectivity index (χ3n) is 2.47. The number of methoxy groups -OCH3 is 1. The largest absolute Gasteiger partial charge is 0.476 e. The summed E-state index contributed by atoms with van der Waals surface area (Å²) in [7, 11) is 1.27. The van der Waals surface area contributed by atoms with Crippen molar-refractivity contribution in [2.75, 3.05) is 19.0 Å². The van der Waals surface area contributed by atoms with Crippen LogP contribution in [-0.2, 0) is 11.2 Å². The molecule has 0 spiro atoms. The number of aromatic carboxylic acids is 1. The van der Waals surface area contributed by atoms with Gasteiger partial charge in [-0.3, -0.25) is 0 Å². The number of hydrogen-bond donors (Lipinski definition) is 2. The van der Waals surface area contributed by atoms with Gasteiger partial charge in [0, 0.05) is 18.3 Å². The predicted molar refractivity (Wildman–Crippen MR) is 74.6 cm³/mol. The van der Waals surface area contributed by atoms with E-state index < -0.39 is 11.9 Å². The van der Waals surface area contributed by atoms with Crippen molar-refractivity contribution in [1.82, 2.24) is 15.2 Å². The Morgan fingerprint density at radius 1 is 1.33 bits per heavy atom. The Labute approximate surface area is 123 Å². The Morgan fingerprint density at radius 2 is 2.14 bits per heavy atom. The quantitative estimate of drug-likeness (QED) is 0.762. The van der Waals surface area contributed by atoms with Crippen LogP contribution in [0, 0.1) is 0 Å². The van der Waals surface area contributed by atoms with Gasteiger partial charge in [0.05, 0.1) is 12.1 Å². The number of carbonyl (C=O) groups excluding carboxylic acids is 1. The lowest BCUT2D eigenvalue weighted by molar-refractivity contribution is 0.0592. The zero-order valence-corrected chi connectivity index (χ0v) is 11.9. The summed E-state index contributed by atoms with van der Waals surface area (Å²) in [6, 6.07) is 3.12. The molecule has 2 N–H and O–H groups in total. The molecule has 8 nitrogen and oxygen atoms in total. The van der Waals surface area contributed by atoms with Crippen LogP contribution < -0.4 is 5.32 Å². The van der Waals surface area contributed by atoms with Crippen molar-refractivity contribution in [2.45, 2.75) is 6.42 Å². The maximum absolute atomic E-state index is 11.2. The van der Waals surface area contributed by atoms with Gasteiger partial charge in [-0.05, 0) is 12.1 Å².